The number of hydrogen-bond donors (Lipinski definition) is 1. The van der Waals surface area contributed by atoms with Gasteiger partial charge in [0.1, 0.15) is 0 Å². The zero-order valence-corrected chi connectivity index (χ0v) is 12.0. The van der Waals surface area contributed by atoms with Crippen LogP contribution in [0, 0.1) is 6.92 Å². The summed E-state index contributed by atoms with van der Waals surface area (Å²) in [6.45, 7) is 7.16. The van der Waals surface area contributed by atoms with E-state index >= 15 is 0 Å². The van der Waals surface area contributed by atoms with Crippen LogP contribution in [-0.4, -0.2) is 71.3 Å². The minimum atomic E-state index is 0.106. The number of amides is 1. The lowest BCUT2D eigenvalue weighted by molar-refractivity contribution is -0.00121. The van der Waals surface area contributed by atoms with Crippen molar-refractivity contribution in [3.63, 3.8) is 0 Å². The van der Waals surface area contributed by atoms with Crippen LogP contribution in [0.5, 0.6) is 0 Å². The Labute approximate surface area is 119 Å². The highest BCUT2D eigenvalue weighted by Gasteiger charge is 2.29. The Hall–Kier alpha value is -1.40. The highest BCUT2D eigenvalue weighted by Crippen LogP contribution is 2.19. The van der Waals surface area contributed by atoms with Crippen molar-refractivity contribution in [2.45, 2.75) is 25.8 Å². The van der Waals surface area contributed by atoms with Crippen molar-refractivity contribution in [1.82, 2.24) is 20.0 Å². The maximum Gasteiger partial charge on any atom is 0.257 e. The summed E-state index contributed by atoms with van der Waals surface area (Å²) >= 11 is 0. The van der Waals surface area contributed by atoms with Gasteiger partial charge >= 0.3 is 0 Å². The van der Waals surface area contributed by atoms with Gasteiger partial charge in [0.2, 0.25) is 0 Å². The first-order valence-electron chi connectivity index (χ1n) is 7.37. The van der Waals surface area contributed by atoms with E-state index in [-0.39, 0.29) is 5.91 Å². The molecule has 0 spiro atoms. The number of carbonyl (C=O) groups is 1. The van der Waals surface area contributed by atoms with E-state index in [4.69, 9.17) is 4.74 Å². The summed E-state index contributed by atoms with van der Waals surface area (Å²) < 4.78 is 5.40. The lowest BCUT2D eigenvalue weighted by atomic mass is 10.0. The molecule has 0 radical (unpaired) electrons. The van der Waals surface area contributed by atoms with Gasteiger partial charge in [-0.25, -0.2) is 0 Å². The molecule has 3 rings (SSSR count). The third-order valence-electron chi connectivity index (χ3n) is 4.31. The third-order valence-corrected chi connectivity index (χ3v) is 4.31. The number of ether oxygens (including phenoxy) is 1. The van der Waals surface area contributed by atoms with Gasteiger partial charge in [-0.15, -0.1) is 0 Å². The molecule has 2 aliphatic rings. The lowest BCUT2D eigenvalue weighted by Crippen LogP contribution is -2.52. The topological polar surface area (TPSA) is 61.5 Å². The largest absolute Gasteiger partial charge is 0.379 e. The molecule has 6 heteroatoms. The van der Waals surface area contributed by atoms with E-state index in [1.165, 1.54) is 6.42 Å². The predicted octanol–water partition coefficient (Wildman–Crippen LogP) is 0.655. The van der Waals surface area contributed by atoms with E-state index in [0.717, 1.165) is 51.5 Å². The van der Waals surface area contributed by atoms with Crippen LogP contribution in [0.1, 0.15) is 28.9 Å². The van der Waals surface area contributed by atoms with E-state index in [9.17, 15) is 4.79 Å². The zero-order valence-electron chi connectivity index (χ0n) is 12.0. The molecule has 1 amide bonds. The standard InChI is InChI=1S/C14H22N4O2/c1-11-13(9-15-16-11)14(19)18-4-2-3-12(10-18)17-5-7-20-8-6-17/h9,12H,2-8,10H2,1H3,(H,15,16)/t12-/m1/s1. The summed E-state index contributed by atoms with van der Waals surface area (Å²) in [6, 6.07) is 0.476. The zero-order chi connectivity index (χ0) is 13.9. The molecule has 2 saturated heterocycles. The summed E-state index contributed by atoms with van der Waals surface area (Å²) in [6.07, 6.45) is 3.88. The summed E-state index contributed by atoms with van der Waals surface area (Å²) in [5, 5.41) is 6.79. The fraction of sp³-hybridized carbons (Fsp3) is 0.714. The molecule has 2 aliphatic heterocycles. The fourth-order valence-corrected chi connectivity index (χ4v) is 3.12. The van der Waals surface area contributed by atoms with Crippen LogP contribution in [0.3, 0.4) is 0 Å². The van der Waals surface area contributed by atoms with E-state index in [1.54, 1.807) is 6.20 Å². The monoisotopic (exact) mass is 278 g/mol. The van der Waals surface area contributed by atoms with Gasteiger partial charge in [-0.3, -0.25) is 14.8 Å². The first kappa shape index (κ1) is 13.6. The first-order valence-corrected chi connectivity index (χ1v) is 7.37. The van der Waals surface area contributed by atoms with Gasteiger partial charge in [-0.1, -0.05) is 0 Å². The number of rotatable bonds is 2. The SMILES string of the molecule is Cc1[nH]ncc1C(=O)N1CCC[C@@H](N2CCOCC2)C1. The smallest absolute Gasteiger partial charge is 0.257 e. The molecular formula is C14H22N4O2. The number of aryl methyl sites for hydroxylation is 1. The predicted molar refractivity (Wildman–Crippen MR) is 74.6 cm³/mol. The number of nitrogens with one attached hydrogen (secondary N) is 1. The highest BCUT2D eigenvalue weighted by atomic mass is 16.5. The molecule has 110 valence electrons. The van der Waals surface area contributed by atoms with Crippen LogP contribution in [0.15, 0.2) is 6.20 Å². The van der Waals surface area contributed by atoms with Crippen LogP contribution in [0.4, 0.5) is 0 Å². The summed E-state index contributed by atoms with van der Waals surface area (Å²) in [4.78, 5) is 17.0. The van der Waals surface area contributed by atoms with E-state index in [1.807, 2.05) is 11.8 Å². The summed E-state index contributed by atoms with van der Waals surface area (Å²) in [5.41, 5.74) is 1.55. The molecule has 0 saturated carbocycles. The van der Waals surface area contributed by atoms with Gasteiger partial charge in [0.05, 0.1) is 25.0 Å². The number of hydrogen-bond acceptors (Lipinski definition) is 4. The molecule has 1 N–H and O–H groups in total. The number of aromatic nitrogens is 2. The average Bonchev–Trinajstić information content (AvgIpc) is 2.94. The van der Waals surface area contributed by atoms with Crippen molar-refractivity contribution in [3.05, 3.63) is 17.5 Å². The van der Waals surface area contributed by atoms with Gasteiger partial charge in [-0.2, -0.15) is 5.10 Å². The highest BCUT2D eigenvalue weighted by molar-refractivity contribution is 5.95. The van der Waals surface area contributed by atoms with Gasteiger partial charge in [0.25, 0.3) is 5.91 Å². The minimum Gasteiger partial charge on any atom is -0.379 e. The molecule has 1 aromatic rings. The van der Waals surface area contributed by atoms with Crippen LogP contribution in [-0.2, 0) is 4.74 Å². The van der Waals surface area contributed by atoms with Gasteiger partial charge in [0.15, 0.2) is 0 Å². The molecule has 20 heavy (non-hydrogen) atoms. The Morgan fingerprint density at radius 2 is 2.20 bits per heavy atom. The molecule has 6 nitrogen and oxygen atoms in total. The summed E-state index contributed by atoms with van der Waals surface area (Å²) in [5.74, 6) is 0.106. The van der Waals surface area contributed by atoms with E-state index in [2.05, 4.69) is 15.1 Å². The lowest BCUT2D eigenvalue weighted by Gasteiger charge is -2.40. The van der Waals surface area contributed by atoms with Crippen LogP contribution < -0.4 is 0 Å². The Balaban J connectivity index is 1.65. The maximum atomic E-state index is 12.5. The van der Waals surface area contributed by atoms with Crippen LogP contribution >= 0.6 is 0 Å². The number of piperidine rings is 1. The molecule has 0 bridgehead atoms. The molecule has 1 aromatic heterocycles. The minimum absolute atomic E-state index is 0.106. The second-order valence-electron chi connectivity index (χ2n) is 5.60. The Bertz CT molecular complexity index is 467. The van der Waals surface area contributed by atoms with Gasteiger partial charge < -0.3 is 9.64 Å². The van der Waals surface area contributed by atoms with Gasteiger partial charge in [0, 0.05) is 37.9 Å². The van der Waals surface area contributed by atoms with Gasteiger partial charge in [-0.05, 0) is 19.8 Å². The second kappa shape index (κ2) is 5.93. The van der Waals surface area contributed by atoms with Crippen molar-refractivity contribution in [2.75, 3.05) is 39.4 Å². The molecule has 3 heterocycles. The summed E-state index contributed by atoms with van der Waals surface area (Å²) in [7, 11) is 0. The number of carbonyl (C=O) groups excluding carboxylic acids is 1. The molecule has 0 aromatic carbocycles. The van der Waals surface area contributed by atoms with Crippen molar-refractivity contribution in [1.29, 1.82) is 0 Å². The molecular weight excluding hydrogens is 256 g/mol. The Morgan fingerprint density at radius 3 is 2.90 bits per heavy atom. The van der Waals surface area contributed by atoms with Crippen molar-refractivity contribution < 1.29 is 9.53 Å². The van der Waals surface area contributed by atoms with Crippen LogP contribution in [0.25, 0.3) is 0 Å². The number of likely N-dealkylation sites (tertiary alicyclic amines) is 1. The van der Waals surface area contributed by atoms with E-state index in [0.29, 0.717) is 11.6 Å². The number of nitrogens with zero attached hydrogens (tertiary/aromatic N) is 3. The second-order valence-corrected chi connectivity index (χ2v) is 5.60. The van der Waals surface area contributed by atoms with Crippen molar-refractivity contribution in [2.24, 2.45) is 0 Å². The number of aromatic amines is 1. The Morgan fingerprint density at radius 1 is 1.40 bits per heavy atom. The molecule has 1 atom stereocenters. The number of H-pyrrole nitrogens is 1. The normalized spacial score (nSPS) is 24.9. The molecule has 2 fully saturated rings. The van der Waals surface area contributed by atoms with Crippen molar-refractivity contribution in [3.8, 4) is 0 Å². The van der Waals surface area contributed by atoms with Crippen LogP contribution in [0.2, 0.25) is 0 Å². The van der Waals surface area contributed by atoms with E-state index < -0.39 is 0 Å². The first-order chi connectivity index (χ1) is 9.75. The van der Waals surface area contributed by atoms with Crippen molar-refractivity contribution >= 4 is 5.91 Å². The quantitative estimate of drug-likeness (QED) is 0.863. The third kappa shape index (κ3) is 2.71. The molecule has 0 unspecified atom stereocenters. The number of morpholine rings is 1. The Kier molecular flexibility index (Phi) is 4.03. The fourth-order valence-electron chi connectivity index (χ4n) is 3.12. The maximum absolute atomic E-state index is 12.5. The molecule has 0 aliphatic carbocycles. The average molecular weight is 278 g/mol.